The van der Waals surface area contributed by atoms with Gasteiger partial charge in [-0.3, -0.25) is 0 Å². The predicted molar refractivity (Wildman–Crippen MR) is 48.9 cm³/mol. The van der Waals surface area contributed by atoms with Crippen molar-refractivity contribution in [2.75, 3.05) is 33.4 Å². The first-order chi connectivity index (χ1) is 5.31. The van der Waals surface area contributed by atoms with Crippen LogP contribution in [-0.2, 0) is 4.74 Å². The molecule has 1 rings (SSSR count). The Bertz CT molecular complexity index is 68.0. The second-order valence-corrected chi connectivity index (χ2v) is 2.79. The number of hydrogen-bond donors (Lipinski definition) is 0. The average Bonchev–Trinajstić information content (AvgIpc) is 2.43. The fourth-order valence-corrected chi connectivity index (χ4v) is 1.08. The Labute approximate surface area is 70.5 Å². The van der Waals surface area contributed by atoms with Gasteiger partial charge in [-0.2, -0.15) is 0 Å². The van der Waals surface area contributed by atoms with E-state index in [1.54, 1.807) is 0 Å². The van der Waals surface area contributed by atoms with Gasteiger partial charge >= 0.3 is 0 Å². The summed E-state index contributed by atoms with van der Waals surface area (Å²) in [6, 6.07) is 0. The van der Waals surface area contributed by atoms with E-state index in [0.717, 1.165) is 13.2 Å². The van der Waals surface area contributed by atoms with Crippen molar-refractivity contribution in [3.8, 4) is 0 Å². The molecular weight excluding hydrogens is 138 g/mol. The number of rotatable bonds is 2. The number of hydrogen-bond acceptors (Lipinski definition) is 2. The van der Waals surface area contributed by atoms with Gasteiger partial charge in [-0.1, -0.05) is 0 Å². The molecule has 0 N–H and O–H groups in total. The molecule has 0 aliphatic carbocycles. The van der Waals surface area contributed by atoms with E-state index in [1.807, 2.05) is 13.8 Å². The first-order valence-corrected chi connectivity index (χ1v) is 4.57. The van der Waals surface area contributed by atoms with Crippen molar-refractivity contribution in [1.82, 2.24) is 4.90 Å². The second-order valence-electron chi connectivity index (χ2n) is 2.79. The van der Waals surface area contributed by atoms with Gasteiger partial charge in [0.15, 0.2) is 0 Å². The number of ether oxygens (including phenoxy) is 1. The minimum Gasteiger partial charge on any atom is -0.382 e. The Morgan fingerprint density at radius 3 is 1.64 bits per heavy atom. The van der Waals surface area contributed by atoms with Gasteiger partial charge in [-0.05, 0) is 46.8 Å². The third-order valence-electron chi connectivity index (χ3n) is 1.74. The van der Waals surface area contributed by atoms with Gasteiger partial charge in [0, 0.05) is 13.2 Å². The summed E-state index contributed by atoms with van der Waals surface area (Å²) in [5.74, 6) is 0. The molecule has 1 fully saturated rings. The predicted octanol–water partition coefficient (Wildman–Crippen LogP) is 1.75. The maximum atomic E-state index is 4.83. The molecule has 0 unspecified atom stereocenters. The van der Waals surface area contributed by atoms with Crippen LogP contribution in [0.1, 0.15) is 26.7 Å². The van der Waals surface area contributed by atoms with E-state index in [4.69, 9.17) is 4.74 Å². The maximum absolute atomic E-state index is 4.83. The van der Waals surface area contributed by atoms with E-state index in [2.05, 4.69) is 11.9 Å². The van der Waals surface area contributed by atoms with Gasteiger partial charge in [-0.25, -0.2) is 0 Å². The fraction of sp³-hybridized carbons (Fsp3) is 1.00. The van der Waals surface area contributed by atoms with Gasteiger partial charge in [0.2, 0.25) is 0 Å². The summed E-state index contributed by atoms with van der Waals surface area (Å²) < 4.78 is 4.83. The Hall–Kier alpha value is -0.0800. The molecule has 1 aliphatic heterocycles. The largest absolute Gasteiger partial charge is 0.382 e. The smallest absolute Gasteiger partial charge is 0.0437 e. The van der Waals surface area contributed by atoms with E-state index in [1.165, 1.54) is 25.9 Å². The quantitative estimate of drug-likeness (QED) is 0.608. The second kappa shape index (κ2) is 8.02. The zero-order valence-corrected chi connectivity index (χ0v) is 8.10. The lowest BCUT2D eigenvalue weighted by atomic mass is 10.4. The molecule has 11 heavy (non-hydrogen) atoms. The monoisotopic (exact) mass is 159 g/mol. The highest BCUT2D eigenvalue weighted by Gasteiger charge is 2.03. The molecule has 2 nitrogen and oxygen atoms in total. The van der Waals surface area contributed by atoms with Crippen LogP contribution >= 0.6 is 0 Å². The molecule has 0 bridgehead atoms. The van der Waals surface area contributed by atoms with Crippen LogP contribution in [0.25, 0.3) is 0 Å². The third-order valence-corrected chi connectivity index (χ3v) is 1.74. The molecule has 0 aromatic carbocycles. The van der Waals surface area contributed by atoms with Gasteiger partial charge in [-0.15, -0.1) is 0 Å². The summed E-state index contributed by atoms with van der Waals surface area (Å²) in [6.07, 6.45) is 2.83. The van der Waals surface area contributed by atoms with Crippen molar-refractivity contribution in [3.05, 3.63) is 0 Å². The van der Waals surface area contributed by atoms with Crippen LogP contribution < -0.4 is 0 Å². The summed E-state index contributed by atoms with van der Waals surface area (Å²) >= 11 is 0. The third kappa shape index (κ3) is 7.82. The standard InChI is InChI=1S/C5H11N.C4H10O/c1-6-4-2-3-5-6;1-3-5-4-2/h2-5H2,1H3;3-4H2,1-2H3. The van der Waals surface area contributed by atoms with E-state index < -0.39 is 0 Å². The highest BCUT2D eigenvalue weighted by Crippen LogP contribution is 2.01. The molecule has 2 heteroatoms. The summed E-state index contributed by atoms with van der Waals surface area (Å²) in [5, 5.41) is 0. The lowest BCUT2D eigenvalue weighted by molar-refractivity contribution is 0.162. The van der Waals surface area contributed by atoms with Crippen molar-refractivity contribution < 1.29 is 4.74 Å². The van der Waals surface area contributed by atoms with Crippen LogP contribution in [0.5, 0.6) is 0 Å². The molecule has 1 aliphatic rings. The fourth-order valence-electron chi connectivity index (χ4n) is 1.08. The van der Waals surface area contributed by atoms with Gasteiger partial charge in [0.1, 0.15) is 0 Å². The van der Waals surface area contributed by atoms with E-state index in [-0.39, 0.29) is 0 Å². The van der Waals surface area contributed by atoms with E-state index in [9.17, 15) is 0 Å². The van der Waals surface area contributed by atoms with Gasteiger partial charge < -0.3 is 9.64 Å². The van der Waals surface area contributed by atoms with Crippen molar-refractivity contribution in [1.29, 1.82) is 0 Å². The Balaban J connectivity index is 0.000000187. The van der Waals surface area contributed by atoms with Crippen molar-refractivity contribution in [2.24, 2.45) is 0 Å². The summed E-state index contributed by atoms with van der Waals surface area (Å²) in [7, 11) is 2.17. The van der Waals surface area contributed by atoms with Crippen LogP contribution in [0, 0.1) is 0 Å². The van der Waals surface area contributed by atoms with Crippen LogP contribution in [0.2, 0.25) is 0 Å². The Morgan fingerprint density at radius 1 is 1.09 bits per heavy atom. The minimum absolute atomic E-state index is 0.844. The molecule has 0 saturated carbocycles. The van der Waals surface area contributed by atoms with Gasteiger partial charge in [0.05, 0.1) is 0 Å². The lowest BCUT2D eigenvalue weighted by Gasteiger charge is -2.01. The molecule has 0 aromatic heterocycles. The highest BCUT2D eigenvalue weighted by molar-refractivity contribution is 4.59. The molecule has 0 atom stereocenters. The Morgan fingerprint density at radius 2 is 1.55 bits per heavy atom. The highest BCUT2D eigenvalue weighted by atomic mass is 16.5. The van der Waals surface area contributed by atoms with Crippen molar-refractivity contribution in [3.63, 3.8) is 0 Å². The number of nitrogens with zero attached hydrogens (tertiary/aromatic N) is 1. The Kier molecular flexibility index (Phi) is 7.96. The molecule has 1 heterocycles. The zero-order valence-electron chi connectivity index (χ0n) is 8.10. The zero-order chi connectivity index (χ0) is 8.53. The molecule has 0 radical (unpaired) electrons. The maximum Gasteiger partial charge on any atom is 0.0437 e. The first kappa shape index (κ1) is 10.9. The normalized spacial score (nSPS) is 17.7. The lowest BCUT2D eigenvalue weighted by Crippen LogP contribution is -2.10. The number of likely N-dealkylation sites (tertiary alicyclic amines) is 1. The van der Waals surface area contributed by atoms with Crippen LogP contribution in [0.4, 0.5) is 0 Å². The molecular formula is C9H21NO. The van der Waals surface area contributed by atoms with Crippen LogP contribution in [-0.4, -0.2) is 38.3 Å². The summed E-state index contributed by atoms with van der Waals surface area (Å²) in [4.78, 5) is 2.36. The molecule has 0 amide bonds. The minimum atomic E-state index is 0.844. The van der Waals surface area contributed by atoms with Gasteiger partial charge in [0.25, 0.3) is 0 Å². The SMILES string of the molecule is CCOCC.CN1CCCC1. The van der Waals surface area contributed by atoms with E-state index in [0.29, 0.717) is 0 Å². The molecule has 1 saturated heterocycles. The summed E-state index contributed by atoms with van der Waals surface area (Å²) in [5.41, 5.74) is 0. The molecule has 0 spiro atoms. The molecule has 68 valence electrons. The average molecular weight is 159 g/mol. The van der Waals surface area contributed by atoms with E-state index >= 15 is 0 Å². The van der Waals surface area contributed by atoms with Crippen LogP contribution in [0.15, 0.2) is 0 Å². The molecule has 0 aromatic rings. The van der Waals surface area contributed by atoms with Crippen molar-refractivity contribution >= 4 is 0 Å². The van der Waals surface area contributed by atoms with Crippen molar-refractivity contribution in [2.45, 2.75) is 26.7 Å². The van der Waals surface area contributed by atoms with Crippen LogP contribution in [0.3, 0.4) is 0 Å². The topological polar surface area (TPSA) is 12.5 Å². The summed E-state index contributed by atoms with van der Waals surface area (Å²) in [6.45, 7) is 8.31. The first-order valence-electron chi connectivity index (χ1n) is 4.57.